The summed E-state index contributed by atoms with van der Waals surface area (Å²) >= 11 is 0. The summed E-state index contributed by atoms with van der Waals surface area (Å²) in [6, 6.07) is 62.5. The molecule has 0 unspecified atom stereocenters. The van der Waals surface area contributed by atoms with Crippen LogP contribution < -0.4 is 4.74 Å². The second kappa shape index (κ2) is 16.0. The predicted molar refractivity (Wildman–Crippen MR) is 250 cm³/mol. The van der Waals surface area contributed by atoms with E-state index < -0.39 is 0 Å². The van der Waals surface area contributed by atoms with Gasteiger partial charge in [0.25, 0.3) is 0 Å². The van der Waals surface area contributed by atoms with Gasteiger partial charge in [-0.2, -0.15) is 0 Å². The molecule has 9 aromatic rings. The number of benzene rings is 7. The number of ether oxygens (including phenoxy) is 1. The van der Waals surface area contributed by atoms with Crippen molar-refractivity contribution in [3.8, 4) is 68.0 Å². The fourth-order valence-electron chi connectivity index (χ4n) is 9.85. The molecule has 7 aromatic carbocycles. The number of hydrogen-bond acceptors (Lipinski definition) is 4. The van der Waals surface area contributed by atoms with E-state index in [1.807, 2.05) is 54.6 Å². The molecule has 0 radical (unpaired) electrons. The van der Waals surface area contributed by atoms with E-state index in [1.54, 1.807) is 6.07 Å². The van der Waals surface area contributed by atoms with Crippen LogP contribution in [0.4, 0.5) is 0 Å². The third-order valence-electron chi connectivity index (χ3n) is 12.9. The molecule has 0 atom stereocenters. The molecular formula is C57H46N3O2Pt-. The van der Waals surface area contributed by atoms with Crippen molar-refractivity contribution in [1.82, 2.24) is 14.5 Å². The molecule has 312 valence electrons. The van der Waals surface area contributed by atoms with Gasteiger partial charge >= 0.3 is 0 Å². The van der Waals surface area contributed by atoms with E-state index in [1.165, 1.54) is 27.8 Å². The third kappa shape index (κ3) is 7.49. The van der Waals surface area contributed by atoms with E-state index in [-0.39, 0.29) is 37.6 Å². The van der Waals surface area contributed by atoms with E-state index in [9.17, 15) is 5.11 Å². The maximum atomic E-state index is 10.8. The Kier molecular flexibility index (Phi) is 10.3. The zero-order valence-electron chi connectivity index (χ0n) is 35.5. The van der Waals surface area contributed by atoms with Crippen molar-refractivity contribution in [2.75, 3.05) is 0 Å². The normalized spacial score (nSPS) is 13.8. The van der Waals surface area contributed by atoms with Crippen molar-refractivity contribution < 1.29 is 30.9 Å². The van der Waals surface area contributed by atoms with E-state index in [0.717, 1.165) is 70.5 Å². The van der Waals surface area contributed by atoms with Crippen LogP contribution in [-0.2, 0) is 52.2 Å². The topological polar surface area (TPSA) is 60.2 Å². The van der Waals surface area contributed by atoms with Crippen LogP contribution in [0.1, 0.15) is 48.6 Å². The Morgan fingerprint density at radius 1 is 0.603 bits per heavy atom. The van der Waals surface area contributed by atoms with Gasteiger partial charge in [-0.3, -0.25) is 4.98 Å². The van der Waals surface area contributed by atoms with Crippen LogP contribution in [0, 0.1) is 11.5 Å². The summed E-state index contributed by atoms with van der Waals surface area (Å²) in [4.78, 5) is 10.4. The van der Waals surface area contributed by atoms with E-state index in [2.05, 4.69) is 141 Å². The number of fused-ring (bicyclic) bond motifs is 3. The minimum Gasteiger partial charge on any atom is -0.507 e. The Morgan fingerprint density at radius 2 is 1.27 bits per heavy atom. The molecule has 2 aromatic heterocycles. The SMILES string of the molecule is CC(C)(C)c1cc(Oc2cccc3c2nc(-c2[c-]ccc(-c4ccc5c(c4)CC4(Cc6ccccc6C4)C5)c2)n3-c2ccccc2-c2ccccc2)nc(-c2ccccc2O)c1.[Pt]. The van der Waals surface area contributed by atoms with Gasteiger partial charge in [-0.05, 0) is 112 Å². The van der Waals surface area contributed by atoms with E-state index in [4.69, 9.17) is 14.7 Å². The number of imidazole rings is 1. The molecule has 0 aliphatic heterocycles. The average molecular weight is 1000 g/mol. The summed E-state index contributed by atoms with van der Waals surface area (Å²) in [7, 11) is 0. The van der Waals surface area contributed by atoms with Gasteiger partial charge < -0.3 is 14.4 Å². The molecule has 6 heteroatoms. The van der Waals surface area contributed by atoms with Gasteiger partial charge in [-0.15, -0.1) is 35.4 Å². The largest absolute Gasteiger partial charge is 0.507 e. The van der Waals surface area contributed by atoms with Crippen LogP contribution in [0.15, 0.2) is 170 Å². The monoisotopic (exact) mass is 999 g/mol. The second-order valence-corrected chi connectivity index (χ2v) is 18.2. The molecule has 0 fully saturated rings. The standard InChI is InChI=1S/C57H46N3O2.Pt/c1-56(2,3)45-31-48(47-22-10-12-25-51(47)61)58-53(32-45)62-52-26-14-24-50-54(52)59-55(60(50)49-23-11-9-21-46(49)37-15-5-4-6-16-37)40-20-13-19-38(29-40)39-27-28-43-35-57(36-44(43)30-39)33-41-17-7-8-18-42(41)34-57;/h4-19,21-32,61H,33-36H2,1-3H3;/q-1;. The van der Waals surface area contributed by atoms with Gasteiger partial charge in [0.1, 0.15) is 11.3 Å². The van der Waals surface area contributed by atoms with Gasteiger partial charge in [0.2, 0.25) is 5.88 Å². The van der Waals surface area contributed by atoms with Gasteiger partial charge in [-0.25, -0.2) is 4.98 Å². The van der Waals surface area contributed by atoms with Crippen molar-refractivity contribution in [1.29, 1.82) is 0 Å². The maximum absolute atomic E-state index is 10.8. The van der Waals surface area contributed by atoms with Crippen LogP contribution in [0.25, 0.3) is 61.6 Å². The molecule has 11 rings (SSSR count). The van der Waals surface area contributed by atoms with Crippen LogP contribution in [0.2, 0.25) is 0 Å². The number of aromatic hydroxyl groups is 1. The Labute approximate surface area is 383 Å². The molecule has 0 amide bonds. The first kappa shape index (κ1) is 40.5. The zero-order chi connectivity index (χ0) is 42.0. The van der Waals surface area contributed by atoms with Gasteiger partial charge in [0, 0.05) is 43.9 Å². The Bertz CT molecular complexity index is 3160. The Morgan fingerprint density at radius 3 is 2.03 bits per heavy atom. The summed E-state index contributed by atoms with van der Waals surface area (Å²) in [5, 5.41) is 10.8. The Hall–Kier alpha value is -6.55. The van der Waals surface area contributed by atoms with Crippen LogP contribution in [-0.4, -0.2) is 19.6 Å². The molecule has 1 spiro atoms. The number of para-hydroxylation sites is 3. The van der Waals surface area contributed by atoms with Crippen molar-refractivity contribution in [2.24, 2.45) is 5.41 Å². The number of rotatable bonds is 7. The molecular weight excluding hydrogens is 954 g/mol. The van der Waals surface area contributed by atoms with Crippen molar-refractivity contribution in [2.45, 2.75) is 51.9 Å². The molecule has 2 heterocycles. The molecule has 1 N–H and O–H groups in total. The summed E-state index contributed by atoms with van der Waals surface area (Å²) < 4.78 is 9.05. The number of nitrogens with zero attached hydrogens (tertiary/aromatic N) is 3. The van der Waals surface area contributed by atoms with E-state index in [0.29, 0.717) is 28.4 Å². The average Bonchev–Trinajstić information content (AvgIpc) is 3.98. The second-order valence-electron chi connectivity index (χ2n) is 18.2. The summed E-state index contributed by atoms with van der Waals surface area (Å²) in [5.41, 5.74) is 16.4. The molecule has 0 saturated carbocycles. The van der Waals surface area contributed by atoms with E-state index >= 15 is 0 Å². The van der Waals surface area contributed by atoms with Crippen LogP contribution >= 0.6 is 0 Å². The number of pyridine rings is 1. The van der Waals surface area contributed by atoms with Crippen LogP contribution in [0.3, 0.4) is 0 Å². The Balaban J connectivity index is 0.00000471. The number of phenolic OH excluding ortho intramolecular Hbond substituents is 1. The first-order valence-electron chi connectivity index (χ1n) is 21.5. The molecule has 0 bridgehead atoms. The quantitative estimate of drug-likeness (QED) is 0.162. The molecule has 5 nitrogen and oxygen atoms in total. The zero-order valence-corrected chi connectivity index (χ0v) is 37.8. The number of aromatic nitrogens is 3. The smallest absolute Gasteiger partial charge is 0.220 e. The third-order valence-corrected chi connectivity index (χ3v) is 12.9. The first-order valence-corrected chi connectivity index (χ1v) is 21.5. The van der Waals surface area contributed by atoms with Crippen LogP contribution in [0.5, 0.6) is 17.4 Å². The number of hydrogen-bond donors (Lipinski definition) is 1. The molecule has 63 heavy (non-hydrogen) atoms. The van der Waals surface area contributed by atoms with Gasteiger partial charge in [-0.1, -0.05) is 130 Å². The molecule has 2 aliphatic rings. The molecule has 2 aliphatic carbocycles. The van der Waals surface area contributed by atoms with Crippen molar-refractivity contribution >= 4 is 11.0 Å². The molecule has 0 saturated heterocycles. The summed E-state index contributed by atoms with van der Waals surface area (Å²) in [6.07, 6.45) is 4.54. The minimum absolute atomic E-state index is 0. The maximum Gasteiger partial charge on any atom is 0.220 e. The summed E-state index contributed by atoms with van der Waals surface area (Å²) in [6.45, 7) is 6.49. The fraction of sp³-hybridized carbons (Fsp3) is 0.158. The fourth-order valence-corrected chi connectivity index (χ4v) is 9.85. The van der Waals surface area contributed by atoms with Gasteiger partial charge in [0.05, 0.1) is 17.0 Å². The predicted octanol–water partition coefficient (Wildman–Crippen LogP) is 13.6. The van der Waals surface area contributed by atoms with Crippen molar-refractivity contribution in [3.63, 3.8) is 0 Å². The van der Waals surface area contributed by atoms with Crippen molar-refractivity contribution in [3.05, 3.63) is 204 Å². The number of phenols is 1. The minimum atomic E-state index is -0.203. The summed E-state index contributed by atoms with van der Waals surface area (Å²) in [5.74, 6) is 1.94. The van der Waals surface area contributed by atoms with Gasteiger partial charge in [0.15, 0.2) is 5.75 Å². The first-order chi connectivity index (χ1) is 30.2.